The molecule has 1 N–H and O–H groups in total. The minimum absolute atomic E-state index is 0.675. The van der Waals surface area contributed by atoms with Gasteiger partial charge in [0, 0.05) is 17.0 Å². The minimum Gasteiger partial charge on any atom is -0.359 e. The molecule has 1 aliphatic carbocycles. The Bertz CT molecular complexity index is 541. The van der Waals surface area contributed by atoms with Crippen LogP contribution in [0, 0.1) is 13.8 Å². The maximum absolute atomic E-state index is 4.64. The summed E-state index contributed by atoms with van der Waals surface area (Å²) >= 11 is 1.70. The summed E-state index contributed by atoms with van der Waals surface area (Å²) in [7, 11) is 0. The van der Waals surface area contributed by atoms with E-state index in [2.05, 4.69) is 47.7 Å². The van der Waals surface area contributed by atoms with Crippen molar-refractivity contribution in [3.05, 3.63) is 34.7 Å². The minimum atomic E-state index is 0.675. The maximum atomic E-state index is 4.64. The van der Waals surface area contributed by atoms with Crippen molar-refractivity contribution in [2.75, 3.05) is 5.32 Å². The van der Waals surface area contributed by atoms with Gasteiger partial charge in [-0.3, -0.25) is 0 Å². The number of hydrogen-bond acceptors (Lipinski definition) is 3. The number of hydrogen-bond donors (Lipinski definition) is 1. The Kier molecular flexibility index (Phi) is 2.63. The van der Waals surface area contributed by atoms with E-state index in [0.717, 1.165) is 10.8 Å². The van der Waals surface area contributed by atoms with Crippen molar-refractivity contribution in [2.24, 2.45) is 0 Å². The van der Waals surface area contributed by atoms with Crippen LogP contribution < -0.4 is 5.32 Å². The van der Waals surface area contributed by atoms with Gasteiger partial charge in [-0.15, -0.1) is 11.3 Å². The second kappa shape index (κ2) is 4.15. The van der Waals surface area contributed by atoms with E-state index in [1.54, 1.807) is 11.3 Å². The second-order valence-corrected chi connectivity index (χ2v) is 5.61. The molecule has 0 spiro atoms. The van der Waals surface area contributed by atoms with Crippen LogP contribution in [0.3, 0.4) is 0 Å². The summed E-state index contributed by atoms with van der Waals surface area (Å²) in [6, 6.07) is 7.20. The van der Waals surface area contributed by atoms with Crippen molar-refractivity contribution in [1.82, 2.24) is 4.98 Å². The predicted molar refractivity (Wildman–Crippen MR) is 73.7 cm³/mol. The summed E-state index contributed by atoms with van der Waals surface area (Å²) in [6.45, 7) is 4.29. The van der Waals surface area contributed by atoms with Gasteiger partial charge in [-0.2, -0.15) is 0 Å². The first-order chi connectivity index (χ1) is 8.22. The van der Waals surface area contributed by atoms with Gasteiger partial charge in [0.15, 0.2) is 5.13 Å². The molecule has 1 saturated carbocycles. The first kappa shape index (κ1) is 10.8. The molecule has 0 unspecified atom stereocenters. The Hall–Kier alpha value is -1.35. The summed E-state index contributed by atoms with van der Waals surface area (Å²) in [6.07, 6.45) is 2.58. The molecule has 0 bridgehead atoms. The summed E-state index contributed by atoms with van der Waals surface area (Å²) in [5, 5.41) is 6.63. The standard InChI is InChI=1S/C14H16N2S/c1-9-3-4-11(7-10(9)2)13-8-17-14(16-13)15-12-5-6-12/h3-4,7-8,12H,5-6H2,1-2H3,(H,15,16). The van der Waals surface area contributed by atoms with Crippen molar-refractivity contribution in [3.8, 4) is 11.3 Å². The van der Waals surface area contributed by atoms with Crippen LogP contribution in [-0.2, 0) is 0 Å². The lowest BCUT2D eigenvalue weighted by atomic mass is 10.1. The van der Waals surface area contributed by atoms with Gasteiger partial charge in [0.05, 0.1) is 5.69 Å². The largest absolute Gasteiger partial charge is 0.359 e. The lowest BCUT2D eigenvalue weighted by molar-refractivity contribution is 1.14. The Balaban J connectivity index is 1.86. The summed E-state index contributed by atoms with van der Waals surface area (Å²) < 4.78 is 0. The average molecular weight is 244 g/mol. The monoisotopic (exact) mass is 244 g/mol. The molecule has 1 aliphatic rings. The molecule has 0 radical (unpaired) electrons. The molecule has 1 fully saturated rings. The predicted octanol–water partition coefficient (Wildman–Crippen LogP) is 4.00. The van der Waals surface area contributed by atoms with Crippen LogP contribution in [-0.4, -0.2) is 11.0 Å². The van der Waals surface area contributed by atoms with E-state index in [1.165, 1.54) is 29.5 Å². The fourth-order valence-electron chi connectivity index (χ4n) is 1.78. The highest BCUT2D eigenvalue weighted by atomic mass is 32.1. The van der Waals surface area contributed by atoms with Crippen molar-refractivity contribution < 1.29 is 0 Å². The van der Waals surface area contributed by atoms with Gasteiger partial charge in [-0.1, -0.05) is 12.1 Å². The first-order valence-electron chi connectivity index (χ1n) is 6.02. The van der Waals surface area contributed by atoms with E-state index in [-0.39, 0.29) is 0 Å². The van der Waals surface area contributed by atoms with Crippen molar-refractivity contribution >= 4 is 16.5 Å². The molecule has 1 aromatic carbocycles. The summed E-state index contributed by atoms with van der Waals surface area (Å²) in [5.74, 6) is 0. The number of aryl methyl sites for hydroxylation is 2. The zero-order chi connectivity index (χ0) is 11.8. The number of anilines is 1. The van der Waals surface area contributed by atoms with Crippen molar-refractivity contribution in [3.63, 3.8) is 0 Å². The van der Waals surface area contributed by atoms with Gasteiger partial charge in [-0.25, -0.2) is 4.98 Å². The Morgan fingerprint density at radius 3 is 2.76 bits per heavy atom. The fraction of sp³-hybridized carbons (Fsp3) is 0.357. The third-order valence-corrected chi connectivity index (χ3v) is 3.99. The molecule has 2 aromatic rings. The zero-order valence-corrected chi connectivity index (χ0v) is 11.0. The van der Waals surface area contributed by atoms with Gasteiger partial charge in [0.2, 0.25) is 0 Å². The van der Waals surface area contributed by atoms with Crippen molar-refractivity contribution in [2.45, 2.75) is 32.7 Å². The van der Waals surface area contributed by atoms with Gasteiger partial charge in [0.25, 0.3) is 0 Å². The van der Waals surface area contributed by atoms with Gasteiger partial charge in [0.1, 0.15) is 0 Å². The number of aromatic nitrogens is 1. The molecule has 0 amide bonds. The van der Waals surface area contributed by atoms with Crippen LogP contribution >= 0.6 is 11.3 Å². The van der Waals surface area contributed by atoms with E-state index >= 15 is 0 Å². The average Bonchev–Trinajstić information content (AvgIpc) is 2.99. The molecular weight excluding hydrogens is 228 g/mol. The van der Waals surface area contributed by atoms with Crippen LogP contribution in [0.5, 0.6) is 0 Å². The van der Waals surface area contributed by atoms with Gasteiger partial charge < -0.3 is 5.32 Å². The van der Waals surface area contributed by atoms with Crippen molar-refractivity contribution in [1.29, 1.82) is 0 Å². The van der Waals surface area contributed by atoms with E-state index < -0.39 is 0 Å². The quantitative estimate of drug-likeness (QED) is 0.882. The number of nitrogens with zero attached hydrogens (tertiary/aromatic N) is 1. The SMILES string of the molecule is Cc1ccc(-c2csc(NC3CC3)n2)cc1C. The fourth-order valence-corrected chi connectivity index (χ4v) is 2.57. The second-order valence-electron chi connectivity index (χ2n) is 4.76. The highest BCUT2D eigenvalue weighted by Crippen LogP contribution is 2.30. The number of thiazole rings is 1. The smallest absolute Gasteiger partial charge is 0.183 e. The molecule has 2 nitrogen and oxygen atoms in total. The highest BCUT2D eigenvalue weighted by Gasteiger charge is 2.22. The molecule has 1 heterocycles. The number of nitrogens with one attached hydrogen (secondary N) is 1. The summed E-state index contributed by atoms with van der Waals surface area (Å²) in [5.41, 5.74) is 4.96. The topological polar surface area (TPSA) is 24.9 Å². The van der Waals surface area contributed by atoms with Crippen LogP contribution in [0.2, 0.25) is 0 Å². The Morgan fingerprint density at radius 1 is 1.24 bits per heavy atom. The highest BCUT2D eigenvalue weighted by molar-refractivity contribution is 7.14. The molecule has 3 heteroatoms. The third-order valence-electron chi connectivity index (χ3n) is 3.21. The lowest BCUT2D eigenvalue weighted by Crippen LogP contribution is -1.99. The van der Waals surface area contributed by atoms with Gasteiger partial charge in [-0.05, 0) is 43.9 Å². The Morgan fingerprint density at radius 2 is 2.06 bits per heavy atom. The van der Waals surface area contributed by atoms with Gasteiger partial charge >= 0.3 is 0 Å². The van der Waals surface area contributed by atoms with Crippen LogP contribution in [0.15, 0.2) is 23.6 Å². The molecule has 1 aromatic heterocycles. The van der Waals surface area contributed by atoms with E-state index in [0.29, 0.717) is 6.04 Å². The normalized spacial score (nSPS) is 14.9. The molecule has 17 heavy (non-hydrogen) atoms. The first-order valence-corrected chi connectivity index (χ1v) is 6.90. The van der Waals surface area contributed by atoms with Crippen LogP contribution in [0.1, 0.15) is 24.0 Å². The van der Waals surface area contributed by atoms with E-state index in [1.807, 2.05) is 0 Å². The number of benzene rings is 1. The molecular formula is C14H16N2S. The molecule has 0 aliphatic heterocycles. The number of rotatable bonds is 3. The van der Waals surface area contributed by atoms with Crippen LogP contribution in [0.4, 0.5) is 5.13 Å². The Labute approximate surface area is 106 Å². The third kappa shape index (κ3) is 2.34. The molecule has 3 rings (SSSR count). The maximum Gasteiger partial charge on any atom is 0.183 e. The summed E-state index contributed by atoms with van der Waals surface area (Å²) in [4.78, 5) is 4.64. The van der Waals surface area contributed by atoms with E-state index in [4.69, 9.17) is 0 Å². The molecule has 0 atom stereocenters. The van der Waals surface area contributed by atoms with E-state index in [9.17, 15) is 0 Å². The zero-order valence-electron chi connectivity index (χ0n) is 10.2. The van der Waals surface area contributed by atoms with Crippen LogP contribution in [0.25, 0.3) is 11.3 Å². The molecule has 88 valence electrons. The molecule has 0 saturated heterocycles. The lowest BCUT2D eigenvalue weighted by Gasteiger charge is -2.02.